The Morgan fingerprint density at radius 2 is 0.714 bits per heavy atom. The summed E-state index contributed by atoms with van der Waals surface area (Å²) in [5, 5.41) is 2.51. The Bertz CT molecular complexity index is 3930. The molecule has 0 atom stereocenters. The minimum atomic E-state index is -0.496. The molecule has 70 heavy (non-hydrogen) atoms. The van der Waals surface area contributed by atoms with E-state index in [4.69, 9.17) is 0 Å². The molecule has 2 heteroatoms. The number of benzene rings is 11. The van der Waals surface area contributed by atoms with Gasteiger partial charge in [0.1, 0.15) is 0 Å². The summed E-state index contributed by atoms with van der Waals surface area (Å²) in [7, 11) is 0. The van der Waals surface area contributed by atoms with Gasteiger partial charge in [0.2, 0.25) is 0 Å². The minimum absolute atomic E-state index is 0.469. The lowest BCUT2D eigenvalue weighted by Gasteiger charge is -2.34. The fourth-order valence-corrected chi connectivity index (χ4v) is 13.3. The van der Waals surface area contributed by atoms with Gasteiger partial charge in [-0.05, 0) is 127 Å². The number of anilines is 3. The highest BCUT2D eigenvalue weighted by Gasteiger charge is 2.52. The average Bonchev–Trinajstić information content (AvgIpc) is 4.13. The molecule has 1 aromatic heterocycles. The number of nitrogens with zero attached hydrogens (tertiary/aromatic N) is 2. The Labute approximate surface area is 407 Å². The molecule has 0 radical (unpaired) electrons. The number of hydrogen-bond donors (Lipinski definition) is 0. The first-order valence-electron chi connectivity index (χ1n) is 24.4. The third-order valence-electron chi connectivity index (χ3n) is 15.9. The van der Waals surface area contributed by atoms with E-state index in [2.05, 4.69) is 276 Å². The van der Waals surface area contributed by atoms with Crippen molar-refractivity contribution in [3.05, 3.63) is 311 Å². The molecule has 0 aliphatic heterocycles. The average molecular weight is 889 g/mol. The van der Waals surface area contributed by atoms with Crippen molar-refractivity contribution < 1.29 is 0 Å². The monoisotopic (exact) mass is 888 g/mol. The molecule has 2 nitrogen and oxygen atoms in total. The van der Waals surface area contributed by atoms with Crippen LogP contribution in [0.25, 0.3) is 60.9 Å². The Kier molecular flexibility index (Phi) is 8.24. The lowest BCUT2D eigenvalue weighted by molar-refractivity contribution is 0.768. The molecule has 0 N–H and O–H groups in total. The number of fused-ring (bicyclic) bond motifs is 16. The van der Waals surface area contributed by atoms with Gasteiger partial charge in [-0.2, -0.15) is 0 Å². The minimum Gasteiger partial charge on any atom is -0.310 e. The maximum absolute atomic E-state index is 2.53. The molecule has 15 rings (SSSR count). The van der Waals surface area contributed by atoms with Gasteiger partial charge in [0.25, 0.3) is 0 Å². The van der Waals surface area contributed by atoms with Crippen LogP contribution in [-0.4, -0.2) is 4.57 Å². The highest BCUT2D eigenvalue weighted by molar-refractivity contribution is 6.09. The number of rotatable bonds is 6. The van der Waals surface area contributed by atoms with E-state index in [9.17, 15) is 0 Å². The third kappa shape index (κ3) is 5.07. The molecule has 1 heterocycles. The Morgan fingerprint density at radius 3 is 1.30 bits per heavy atom. The lowest BCUT2D eigenvalue weighted by atomic mass is 9.68. The molecule has 0 bridgehead atoms. The molecular formula is C68H44N2. The van der Waals surface area contributed by atoms with E-state index >= 15 is 0 Å². The molecule has 0 saturated heterocycles. The first kappa shape index (κ1) is 39.1. The predicted molar refractivity (Wildman–Crippen MR) is 289 cm³/mol. The summed E-state index contributed by atoms with van der Waals surface area (Å²) in [6.07, 6.45) is 0. The van der Waals surface area contributed by atoms with Crippen molar-refractivity contribution in [2.45, 2.75) is 10.8 Å². The molecule has 0 amide bonds. The van der Waals surface area contributed by atoms with Crippen molar-refractivity contribution in [1.29, 1.82) is 0 Å². The van der Waals surface area contributed by atoms with Gasteiger partial charge in [-0.3, -0.25) is 0 Å². The predicted octanol–water partition coefficient (Wildman–Crippen LogP) is 17.0. The van der Waals surface area contributed by atoms with E-state index in [1.54, 1.807) is 0 Å². The first-order valence-corrected chi connectivity index (χ1v) is 24.4. The summed E-state index contributed by atoms with van der Waals surface area (Å²) in [4.78, 5) is 2.53. The van der Waals surface area contributed by atoms with Gasteiger partial charge in [-0.15, -0.1) is 0 Å². The van der Waals surface area contributed by atoms with Crippen LogP contribution in [0.2, 0.25) is 0 Å². The number of para-hydroxylation sites is 2. The quantitative estimate of drug-likeness (QED) is 0.161. The van der Waals surface area contributed by atoms with E-state index in [0.717, 1.165) is 22.7 Å². The molecule has 3 aliphatic rings. The van der Waals surface area contributed by atoms with E-state index in [-0.39, 0.29) is 0 Å². The van der Waals surface area contributed by atoms with Gasteiger partial charge in [0.15, 0.2) is 0 Å². The highest BCUT2D eigenvalue weighted by Crippen LogP contribution is 2.65. The summed E-state index contributed by atoms with van der Waals surface area (Å²) >= 11 is 0. The first-order chi connectivity index (χ1) is 34.8. The molecule has 3 aliphatic carbocycles. The van der Waals surface area contributed by atoms with Crippen LogP contribution in [0, 0.1) is 0 Å². The van der Waals surface area contributed by atoms with Crippen LogP contribution in [0.4, 0.5) is 17.1 Å². The highest BCUT2D eigenvalue weighted by atomic mass is 15.1. The molecular weight excluding hydrogens is 845 g/mol. The molecule has 11 aromatic carbocycles. The summed E-state index contributed by atoms with van der Waals surface area (Å²) in [6, 6.07) is 99.7. The van der Waals surface area contributed by atoms with Crippen LogP contribution < -0.4 is 4.90 Å². The van der Waals surface area contributed by atoms with Gasteiger partial charge >= 0.3 is 0 Å². The van der Waals surface area contributed by atoms with Crippen molar-refractivity contribution in [2.75, 3.05) is 4.90 Å². The lowest BCUT2D eigenvalue weighted by Crippen LogP contribution is -2.28. The van der Waals surface area contributed by atoms with Gasteiger partial charge in [0, 0.05) is 33.4 Å². The Balaban J connectivity index is 1.000. The van der Waals surface area contributed by atoms with Crippen LogP contribution in [0.3, 0.4) is 0 Å². The summed E-state index contributed by atoms with van der Waals surface area (Å²) in [6.45, 7) is 0. The van der Waals surface area contributed by atoms with Crippen LogP contribution in [0.15, 0.2) is 267 Å². The van der Waals surface area contributed by atoms with E-state index in [0.29, 0.717) is 0 Å². The van der Waals surface area contributed by atoms with E-state index in [1.807, 2.05) is 0 Å². The largest absolute Gasteiger partial charge is 0.310 e. The van der Waals surface area contributed by atoms with Gasteiger partial charge in [-0.25, -0.2) is 0 Å². The molecule has 1 spiro atoms. The second-order valence-corrected chi connectivity index (χ2v) is 19.1. The fraction of sp³-hybridized carbons (Fsp3) is 0.0294. The van der Waals surface area contributed by atoms with Gasteiger partial charge in [-0.1, -0.05) is 212 Å². The molecule has 0 saturated carbocycles. The maximum atomic E-state index is 2.53. The maximum Gasteiger partial charge on any atom is 0.0726 e. The van der Waals surface area contributed by atoms with Crippen molar-refractivity contribution in [3.8, 4) is 39.1 Å². The number of aromatic nitrogens is 1. The normalized spacial score (nSPS) is 13.9. The second-order valence-electron chi connectivity index (χ2n) is 19.1. The fourth-order valence-electron chi connectivity index (χ4n) is 13.3. The molecule has 12 aromatic rings. The Morgan fingerprint density at radius 1 is 0.286 bits per heavy atom. The standard InChI is InChI=1S/C68H44N2/c1-3-20-45(21-4-1)67(46-22-5-2-6-23-46)57-30-13-9-26-52(57)56-44-49(42-43-61(56)67)69(47-38-40-48(41-39-47)70-63-35-17-11-27-53(63)54-28-12-18-36-64(54)70)65-37-19-34-62-66(65)55-29-10-16-33-60(55)68(62)58-31-14-7-24-50(58)51-25-8-15-32-59(51)68/h1-44H. The van der Waals surface area contributed by atoms with Crippen LogP contribution in [-0.2, 0) is 10.8 Å². The van der Waals surface area contributed by atoms with Crippen molar-refractivity contribution in [1.82, 2.24) is 4.57 Å². The van der Waals surface area contributed by atoms with Crippen molar-refractivity contribution in [3.63, 3.8) is 0 Å². The van der Waals surface area contributed by atoms with E-state index in [1.165, 1.54) is 99.7 Å². The van der Waals surface area contributed by atoms with Gasteiger partial charge in [0.05, 0.1) is 27.6 Å². The third-order valence-corrected chi connectivity index (χ3v) is 15.9. The van der Waals surface area contributed by atoms with Gasteiger partial charge < -0.3 is 9.47 Å². The smallest absolute Gasteiger partial charge is 0.0726 e. The van der Waals surface area contributed by atoms with Crippen molar-refractivity contribution in [2.24, 2.45) is 0 Å². The number of hydrogen-bond acceptors (Lipinski definition) is 1. The zero-order valence-corrected chi connectivity index (χ0v) is 38.3. The SMILES string of the molecule is c1ccc(C2(c3ccccc3)c3ccccc3-c3cc(N(c4ccc(-n5c6ccccc6c6ccccc65)cc4)c4cccc5c4-c4ccccc4C54c5ccccc5-c5ccccc54)ccc32)cc1. The summed E-state index contributed by atoms with van der Waals surface area (Å²) in [5.41, 5.74) is 24.0. The van der Waals surface area contributed by atoms with Crippen LogP contribution in [0.5, 0.6) is 0 Å². The topological polar surface area (TPSA) is 8.17 Å². The van der Waals surface area contributed by atoms with Crippen molar-refractivity contribution >= 4 is 38.9 Å². The molecule has 0 unspecified atom stereocenters. The zero-order valence-electron chi connectivity index (χ0n) is 38.3. The van der Waals surface area contributed by atoms with Crippen LogP contribution >= 0.6 is 0 Å². The molecule has 0 fully saturated rings. The van der Waals surface area contributed by atoms with Crippen LogP contribution in [0.1, 0.15) is 44.5 Å². The Hall–Kier alpha value is -8.98. The summed E-state index contributed by atoms with van der Waals surface area (Å²) in [5.74, 6) is 0. The summed E-state index contributed by atoms with van der Waals surface area (Å²) < 4.78 is 2.41. The zero-order chi connectivity index (χ0) is 46.0. The van der Waals surface area contributed by atoms with E-state index < -0.39 is 10.8 Å². The second kappa shape index (κ2) is 14.8. The molecule has 326 valence electrons.